The molecule has 2 unspecified atom stereocenters. The lowest BCUT2D eigenvalue weighted by Crippen LogP contribution is -2.37. The normalized spacial score (nSPS) is 13.8. The standard InChI is InChI=1S/C53H98NO8P/c1-6-8-10-12-14-16-18-20-22-24-26-27-28-30-32-34-36-38-40-42-44-46-53(56)62-51(50-61-63(57,58)60-48-47-54(3,4)5)49-59-52(55)45-43-41-39-37-35-33-31-29-25-23-21-19-17-15-13-11-9-7-2/h18,20,23-26,28,30,51H,6-17,19,21-22,27,29,31-50H2,1-5H3/b20-18-,25-23-,26-24-,30-28-. The molecule has 0 aliphatic heterocycles. The third-order valence-electron chi connectivity index (χ3n) is 11.1. The highest BCUT2D eigenvalue weighted by Crippen LogP contribution is 2.38. The first-order chi connectivity index (χ1) is 30.5. The summed E-state index contributed by atoms with van der Waals surface area (Å²) in [6.45, 7) is 4.21. The van der Waals surface area contributed by atoms with Gasteiger partial charge in [0.05, 0.1) is 27.7 Å². The van der Waals surface area contributed by atoms with E-state index >= 15 is 0 Å². The smallest absolute Gasteiger partial charge is 0.306 e. The molecule has 368 valence electrons. The Kier molecular flexibility index (Phi) is 43.7. The van der Waals surface area contributed by atoms with Crippen molar-refractivity contribution in [2.75, 3.05) is 47.5 Å². The van der Waals surface area contributed by atoms with Crippen molar-refractivity contribution in [3.63, 3.8) is 0 Å². The zero-order valence-electron chi connectivity index (χ0n) is 41.5. The summed E-state index contributed by atoms with van der Waals surface area (Å²) in [4.78, 5) is 37.7. The highest BCUT2D eigenvalue weighted by Gasteiger charge is 2.21. The van der Waals surface area contributed by atoms with E-state index in [0.717, 1.165) is 83.5 Å². The second-order valence-electron chi connectivity index (χ2n) is 18.5. The number of phosphoric ester groups is 1. The third kappa shape index (κ3) is 49.2. The zero-order valence-corrected chi connectivity index (χ0v) is 42.4. The molecule has 63 heavy (non-hydrogen) atoms. The molecule has 0 rings (SSSR count). The van der Waals surface area contributed by atoms with Crippen LogP contribution >= 0.6 is 7.82 Å². The van der Waals surface area contributed by atoms with E-state index in [1.165, 1.54) is 109 Å². The molecule has 0 fully saturated rings. The van der Waals surface area contributed by atoms with E-state index in [1.54, 1.807) is 0 Å². The maximum absolute atomic E-state index is 12.7. The number of hydrogen-bond donors (Lipinski definition) is 0. The number of allylic oxidation sites excluding steroid dienone is 8. The fourth-order valence-corrected chi connectivity index (χ4v) is 7.74. The summed E-state index contributed by atoms with van der Waals surface area (Å²) >= 11 is 0. The summed E-state index contributed by atoms with van der Waals surface area (Å²) in [5, 5.41) is 0. The molecule has 0 aromatic heterocycles. The predicted octanol–water partition coefficient (Wildman–Crippen LogP) is 14.8. The minimum absolute atomic E-state index is 0.0353. The Hall–Kier alpha value is -2.03. The number of phosphoric acid groups is 1. The van der Waals surface area contributed by atoms with Gasteiger partial charge in [0.25, 0.3) is 7.82 Å². The van der Waals surface area contributed by atoms with Crippen molar-refractivity contribution in [2.45, 2.75) is 232 Å². The Bertz CT molecular complexity index is 1210. The van der Waals surface area contributed by atoms with Crippen LogP contribution in [0.3, 0.4) is 0 Å². The van der Waals surface area contributed by atoms with Gasteiger partial charge < -0.3 is 27.9 Å². The Morgan fingerprint density at radius 3 is 1.29 bits per heavy atom. The van der Waals surface area contributed by atoms with Gasteiger partial charge in [-0.1, -0.05) is 184 Å². The first-order valence-corrected chi connectivity index (χ1v) is 27.3. The highest BCUT2D eigenvalue weighted by molar-refractivity contribution is 7.45. The van der Waals surface area contributed by atoms with Gasteiger partial charge in [-0.25, -0.2) is 0 Å². The molecule has 2 atom stereocenters. The molecule has 0 N–H and O–H groups in total. The van der Waals surface area contributed by atoms with Crippen LogP contribution in [0, 0.1) is 0 Å². The van der Waals surface area contributed by atoms with E-state index in [4.69, 9.17) is 18.5 Å². The lowest BCUT2D eigenvalue weighted by Gasteiger charge is -2.28. The van der Waals surface area contributed by atoms with Gasteiger partial charge in [0, 0.05) is 12.8 Å². The molecule has 0 amide bonds. The third-order valence-corrected chi connectivity index (χ3v) is 12.0. The summed E-state index contributed by atoms with van der Waals surface area (Å²) in [6.07, 6.45) is 54.2. The van der Waals surface area contributed by atoms with Crippen molar-refractivity contribution in [3.05, 3.63) is 48.6 Å². The van der Waals surface area contributed by atoms with Crippen LogP contribution in [0.1, 0.15) is 226 Å². The lowest BCUT2D eigenvalue weighted by atomic mass is 10.1. The van der Waals surface area contributed by atoms with Crippen molar-refractivity contribution < 1.29 is 42.1 Å². The maximum Gasteiger partial charge on any atom is 0.306 e. The second-order valence-corrected chi connectivity index (χ2v) is 19.9. The summed E-state index contributed by atoms with van der Waals surface area (Å²) < 4.78 is 34.0. The summed E-state index contributed by atoms with van der Waals surface area (Å²) in [5.41, 5.74) is 0. The van der Waals surface area contributed by atoms with Gasteiger partial charge in [0.15, 0.2) is 6.10 Å². The molecule has 10 heteroatoms. The fourth-order valence-electron chi connectivity index (χ4n) is 7.01. The van der Waals surface area contributed by atoms with Crippen molar-refractivity contribution in [3.8, 4) is 0 Å². The number of rotatable bonds is 47. The van der Waals surface area contributed by atoms with Gasteiger partial charge >= 0.3 is 11.9 Å². The van der Waals surface area contributed by atoms with Gasteiger partial charge in [-0.3, -0.25) is 14.2 Å². The number of hydrogen-bond acceptors (Lipinski definition) is 8. The maximum atomic E-state index is 12.7. The molecule has 0 saturated heterocycles. The quantitative estimate of drug-likeness (QED) is 0.0195. The first-order valence-electron chi connectivity index (χ1n) is 25.8. The number of carbonyl (C=O) groups excluding carboxylic acids is 2. The van der Waals surface area contributed by atoms with Crippen LogP contribution in [-0.4, -0.2) is 70.0 Å². The molecule has 0 radical (unpaired) electrons. The van der Waals surface area contributed by atoms with Gasteiger partial charge in [-0.15, -0.1) is 0 Å². The zero-order chi connectivity index (χ0) is 46.4. The molecular formula is C53H98NO8P. The average Bonchev–Trinajstić information content (AvgIpc) is 3.24. The van der Waals surface area contributed by atoms with Crippen molar-refractivity contribution in [2.24, 2.45) is 0 Å². The largest absolute Gasteiger partial charge is 0.756 e. The number of esters is 2. The second kappa shape index (κ2) is 45.1. The minimum Gasteiger partial charge on any atom is -0.756 e. The van der Waals surface area contributed by atoms with Crippen molar-refractivity contribution in [1.82, 2.24) is 0 Å². The molecular weight excluding hydrogens is 810 g/mol. The van der Waals surface area contributed by atoms with E-state index in [2.05, 4.69) is 62.5 Å². The molecule has 0 aromatic carbocycles. The molecule has 0 aliphatic rings. The topological polar surface area (TPSA) is 111 Å². The van der Waals surface area contributed by atoms with Gasteiger partial charge in [0.2, 0.25) is 0 Å². The molecule has 0 spiro atoms. The Morgan fingerprint density at radius 2 is 0.857 bits per heavy atom. The van der Waals surface area contributed by atoms with Crippen LogP contribution in [0.5, 0.6) is 0 Å². The molecule has 0 saturated carbocycles. The molecule has 0 aromatic rings. The highest BCUT2D eigenvalue weighted by atomic mass is 31.2. The van der Waals surface area contributed by atoms with Gasteiger partial charge in [0.1, 0.15) is 19.8 Å². The number of likely N-dealkylation sites (N-methyl/N-ethyl adjacent to an activating group) is 1. The summed E-state index contributed by atoms with van der Waals surface area (Å²) in [7, 11) is 1.15. The summed E-state index contributed by atoms with van der Waals surface area (Å²) in [6, 6.07) is 0. The number of ether oxygens (including phenoxy) is 2. The molecule has 0 bridgehead atoms. The first kappa shape index (κ1) is 61.0. The Morgan fingerprint density at radius 1 is 0.492 bits per heavy atom. The number of quaternary nitrogens is 1. The number of carbonyl (C=O) groups is 2. The monoisotopic (exact) mass is 908 g/mol. The lowest BCUT2D eigenvalue weighted by molar-refractivity contribution is -0.870. The Labute approximate surface area is 388 Å². The Balaban J connectivity index is 4.30. The molecule has 0 aliphatic carbocycles. The van der Waals surface area contributed by atoms with Crippen LogP contribution in [-0.2, 0) is 32.7 Å². The van der Waals surface area contributed by atoms with Gasteiger partial charge in [-0.05, 0) is 77.0 Å². The average molecular weight is 908 g/mol. The van der Waals surface area contributed by atoms with E-state index in [9.17, 15) is 19.0 Å². The SMILES string of the molecule is CCCCCCC/C=C\C/C=C\C/C=C\CCCCCCCCC(=O)OC(COC(=O)CCCCCCCCC/C=C\CCCCCCCCC)COP(=O)([O-])OCC[N+](C)(C)C. The van der Waals surface area contributed by atoms with Crippen LogP contribution in [0.25, 0.3) is 0 Å². The van der Waals surface area contributed by atoms with Crippen LogP contribution in [0.4, 0.5) is 0 Å². The van der Waals surface area contributed by atoms with E-state index < -0.39 is 32.5 Å². The van der Waals surface area contributed by atoms with E-state index in [1.807, 2.05) is 21.1 Å². The summed E-state index contributed by atoms with van der Waals surface area (Å²) in [5.74, 6) is -0.850. The molecule has 9 nitrogen and oxygen atoms in total. The van der Waals surface area contributed by atoms with Crippen molar-refractivity contribution in [1.29, 1.82) is 0 Å². The van der Waals surface area contributed by atoms with Crippen LogP contribution in [0.15, 0.2) is 48.6 Å². The minimum atomic E-state index is -4.64. The molecule has 0 heterocycles. The number of unbranched alkanes of at least 4 members (excludes halogenated alkanes) is 25. The van der Waals surface area contributed by atoms with E-state index in [-0.39, 0.29) is 26.1 Å². The predicted molar refractivity (Wildman–Crippen MR) is 264 cm³/mol. The van der Waals surface area contributed by atoms with Gasteiger partial charge in [-0.2, -0.15) is 0 Å². The van der Waals surface area contributed by atoms with Crippen molar-refractivity contribution >= 4 is 19.8 Å². The number of nitrogens with zero attached hydrogens (tertiary/aromatic N) is 1. The van der Waals surface area contributed by atoms with Crippen LogP contribution in [0.2, 0.25) is 0 Å². The van der Waals surface area contributed by atoms with Crippen LogP contribution < -0.4 is 4.89 Å². The fraction of sp³-hybridized carbons (Fsp3) is 0.811. The van der Waals surface area contributed by atoms with E-state index in [0.29, 0.717) is 17.4 Å².